The fourth-order valence-corrected chi connectivity index (χ4v) is 5.39. The van der Waals surface area contributed by atoms with Crippen molar-refractivity contribution in [2.24, 2.45) is 0 Å². The van der Waals surface area contributed by atoms with E-state index in [1.54, 1.807) is 24.9 Å². The SMILES string of the molecule is COCCSc1ccccc1C(=O)Nc1nnc([C@H]2CC(=O)N(c3ccccc3C)C2)s1. The van der Waals surface area contributed by atoms with Crippen LogP contribution in [0.3, 0.4) is 0 Å². The number of amides is 2. The predicted molar refractivity (Wildman–Crippen MR) is 128 cm³/mol. The van der Waals surface area contributed by atoms with Crippen LogP contribution in [0, 0.1) is 6.92 Å². The summed E-state index contributed by atoms with van der Waals surface area (Å²) in [5.41, 5.74) is 2.58. The van der Waals surface area contributed by atoms with E-state index < -0.39 is 0 Å². The number of carbonyl (C=O) groups excluding carboxylic acids is 2. The summed E-state index contributed by atoms with van der Waals surface area (Å²) >= 11 is 2.90. The van der Waals surface area contributed by atoms with Crippen LogP contribution >= 0.6 is 23.1 Å². The first-order valence-corrected chi connectivity index (χ1v) is 12.1. The number of carbonyl (C=O) groups is 2. The molecule has 32 heavy (non-hydrogen) atoms. The Morgan fingerprint density at radius 1 is 1.22 bits per heavy atom. The standard InChI is InChI=1S/C23H24N4O3S2/c1-15-7-3-5-9-18(15)27-14-16(13-20(27)28)22-25-26-23(32-22)24-21(29)17-8-4-6-10-19(17)31-12-11-30-2/h3-10,16H,11-14H2,1-2H3,(H,24,26,29)/t16-/m0/s1. The number of nitrogens with one attached hydrogen (secondary N) is 1. The molecule has 0 bridgehead atoms. The minimum atomic E-state index is -0.225. The van der Waals surface area contributed by atoms with Crippen molar-refractivity contribution < 1.29 is 14.3 Å². The molecule has 1 aromatic heterocycles. The van der Waals surface area contributed by atoms with E-state index in [1.165, 1.54) is 11.3 Å². The molecule has 2 heterocycles. The van der Waals surface area contributed by atoms with Gasteiger partial charge in [0.25, 0.3) is 5.91 Å². The number of hydrogen-bond acceptors (Lipinski definition) is 7. The number of para-hydroxylation sites is 1. The lowest BCUT2D eigenvalue weighted by atomic mass is 10.1. The summed E-state index contributed by atoms with van der Waals surface area (Å²) in [5.74, 6) is 0.572. The van der Waals surface area contributed by atoms with Gasteiger partial charge in [0.05, 0.1) is 12.2 Å². The number of aryl methyl sites for hydroxylation is 1. The smallest absolute Gasteiger partial charge is 0.258 e. The quantitative estimate of drug-likeness (QED) is 0.391. The highest BCUT2D eigenvalue weighted by atomic mass is 32.2. The molecular formula is C23H24N4O3S2. The first kappa shape index (κ1) is 22.4. The van der Waals surface area contributed by atoms with Crippen LogP contribution in [0.1, 0.15) is 33.3 Å². The third-order valence-electron chi connectivity index (χ3n) is 5.22. The molecule has 0 saturated carbocycles. The number of aromatic nitrogens is 2. The van der Waals surface area contributed by atoms with E-state index in [4.69, 9.17) is 4.74 Å². The lowest BCUT2D eigenvalue weighted by Crippen LogP contribution is -2.25. The number of rotatable bonds is 8. The number of hydrogen-bond donors (Lipinski definition) is 1. The molecular weight excluding hydrogens is 444 g/mol. The Morgan fingerprint density at radius 3 is 2.81 bits per heavy atom. The van der Waals surface area contributed by atoms with E-state index in [0.717, 1.165) is 26.9 Å². The van der Waals surface area contributed by atoms with E-state index in [2.05, 4.69) is 15.5 Å². The summed E-state index contributed by atoms with van der Waals surface area (Å²) < 4.78 is 5.10. The molecule has 0 radical (unpaired) electrons. The van der Waals surface area contributed by atoms with E-state index in [0.29, 0.717) is 30.3 Å². The molecule has 1 fully saturated rings. The minimum Gasteiger partial charge on any atom is -0.384 e. The Hall–Kier alpha value is -2.75. The first-order valence-electron chi connectivity index (χ1n) is 10.3. The van der Waals surface area contributed by atoms with E-state index in [1.807, 2.05) is 54.3 Å². The van der Waals surface area contributed by atoms with Crippen LogP contribution in [-0.2, 0) is 9.53 Å². The average molecular weight is 469 g/mol. The van der Waals surface area contributed by atoms with Gasteiger partial charge in [-0.25, -0.2) is 0 Å². The van der Waals surface area contributed by atoms with Gasteiger partial charge in [0.1, 0.15) is 5.01 Å². The van der Waals surface area contributed by atoms with Gasteiger partial charge in [-0.2, -0.15) is 0 Å². The maximum atomic E-state index is 12.8. The second-order valence-corrected chi connectivity index (χ2v) is 9.57. The van der Waals surface area contributed by atoms with Crippen molar-refractivity contribution in [2.45, 2.75) is 24.2 Å². The third kappa shape index (κ3) is 5.01. The maximum Gasteiger partial charge on any atom is 0.258 e. The number of benzene rings is 2. The molecule has 166 valence electrons. The number of methoxy groups -OCH3 is 1. The molecule has 1 atom stereocenters. The molecule has 3 aromatic rings. The van der Waals surface area contributed by atoms with Gasteiger partial charge in [0.15, 0.2) is 0 Å². The topological polar surface area (TPSA) is 84.4 Å². The highest BCUT2D eigenvalue weighted by molar-refractivity contribution is 7.99. The van der Waals surface area contributed by atoms with Crippen LogP contribution in [-0.4, -0.2) is 48.0 Å². The van der Waals surface area contributed by atoms with Crippen LogP contribution in [0.2, 0.25) is 0 Å². The van der Waals surface area contributed by atoms with E-state index in [9.17, 15) is 9.59 Å². The molecule has 0 unspecified atom stereocenters. The molecule has 0 aliphatic carbocycles. The molecule has 9 heteroatoms. The monoisotopic (exact) mass is 468 g/mol. The first-order chi connectivity index (χ1) is 15.6. The second-order valence-electron chi connectivity index (χ2n) is 7.43. The molecule has 2 amide bonds. The lowest BCUT2D eigenvalue weighted by Gasteiger charge is -2.18. The molecule has 1 aliphatic rings. The highest BCUT2D eigenvalue weighted by Crippen LogP contribution is 2.35. The number of nitrogens with zero attached hydrogens (tertiary/aromatic N) is 3. The number of ether oxygens (including phenoxy) is 1. The van der Waals surface area contributed by atoms with E-state index >= 15 is 0 Å². The van der Waals surface area contributed by atoms with Gasteiger partial charge >= 0.3 is 0 Å². The zero-order valence-electron chi connectivity index (χ0n) is 17.9. The second kappa shape index (κ2) is 10.2. The van der Waals surface area contributed by atoms with Gasteiger partial charge < -0.3 is 9.64 Å². The van der Waals surface area contributed by atoms with Crippen molar-refractivity contribution in [3.05, 3.63) is 64.7 Å². The molecule has 0 spiro atoms. The van der Waals surface area contributed by atoms with Gasteiger partial charge in [-0.3, -0.25) is 14.9 Å². The Labute approximate surface area is 195 Å². The maximum absolute atomic E-state index is 12.8. The molecule has 1 N–H and O–H groups in total. The van der Waals surface area contributed by atoms with Gasteiger partial charge in [-0.15, -0.1) is 22.0 Å². The highest BCUT2D eigenvalue weighted by Gasteiger charge is 2.34. The van der Waals surface area contributed by atoms with Crippen LogP contribution in [0.5, 0.6) is 0 Å². The summed E-state index contributed by atoms with van der Waals surface area (Å²) in [6.07, 6.45) is 0.385. The Bertz CT molecular complexity index is 1120. The lowest BCUT2D eigenvalue weighted by molar-refractivity contribution is -0.117. The van der Waals surface area contributed by atoms with Crippen molar-refractivity contribution >= 4 is 45.7 Å². The van der Waals surface area contributed by atoms with Crippen molar-refractivity contribution in [1.82, 2.24) is 10.2 Å². The van der Waals surface area contributed by atoms with Crippen molar-refractivity contribution in [3.63, 3.8) is 0 Å². The van der Waals surface area contributed by atoms with Gasteiger partial charge in [0, 0.05) is 42.3 Å². The van der Waals surface area contributed by atoms with Gasteiger partial charge in [-0.05, 0) is 30.7 Å². The third-order valence-corrected chi connectivity index (χ3v) is 7.26. The Morgan fingerprint density at radius 2 is 2.00 bits per heavy atom. The summed E-state index contributed by atoms with van der Waals surface area (Å²) in [6.45, 7) is 3.17. The summed E-state index contributed by atoms with van der Waals surface area (Å²) in [5, 5.41) is 12.5. The fourth-order valence-electron chi connectivity index (χ4n) is 3.60. The normalized spacial score (nSPS) is 15.9. The number of thioether (sulfide) groups is 1. The van der Waals surface area contributed by atoms with Crippen molar-refractivity contribution in [2.75, 3.05) is 36.2 Å². The summed E-state index contributed by atoms with van der Waals surface area (Å²) in [7, 11) is 1.66. The molecule has 4 rings (SSSR count). The average Bonchev–Trinajstić information content (AvgIpc) is 3.41. The summed E-state index contributed by atoms with van der Waals surface area (Å²) in [4.78, 5) is 28.2. The van der Waals surface area contributed by atoms with Crippen molar-refractivity contribution in [1.29, 1.82) is 0 Å². The van der Waals surface area contributed by atoms with Crippen LogP contribution in [0.15, 0.2) is 53.4 Å². The van der Waals surface area contributed by atoms with Gasteiger partial charge in [0.2, 0.25) is 11.0 Å². The summed E-state index contributed by atoms with van der Waals surface area (Å²) in [6, 6.07) is 15.3. The van der Waals surface area contributed by atoms with Crippen LogP contribution in [0.25, 0.3) is 0 Å². The van der Waals surface area contributed by atoms with Crippen LogP contribution < -0.4 is 10.2 Å². The van der Waals surface area contributed by atoms with Crippen molar-refractivity contribution in [3.8, 4) is 0 Å². The molecule has 1 aliphatic heterocycles. The van der Waals surface area contributed by atoms with Gasteiger partial charge in [-0.1, -0.05) is 41.7 Å². The zero-order valence-corrected chi connectivity index (χ0v) is 19.5. The molecule has 1 saturated heterocycles. The number of anilines is 2. The Kier molecular flexibility index (Phi) is 7.19. The molecule has 7 nitrogen and oxygen atoms in total. The fraction of sp³-hybridized carbons (Fsp3) is 0.304. The van der Waals surface area contributed by atoms with Crippen LogP contribution in [0.4, 0.5) is 10.8 Å². The zero-order chi connectivity index (χ0) is 22.5. The largest absolute Gasteiger partial charge is 0.384 e. The van der Waals surface area contributed by atoms with E-state index in [-0.39, 0.29) is 17.7 Å². The predicted octanol–water partition coefficient (Wildman–Crippen LogP) is 4.36. The molecule has 2 aromatic carbocycles. The minimum absolute atomic E-state index is 0.0397. The Balaban J connectivity index is 1.43.